The van der Waals surface area contributed by atoms with Gasteiger partial charge in [0.2, 0.25) is 5.91 Å². The van der Waals surface area contributed by atoms with Crippen molar-refractivity contribution in [3.8, 4) is 5.69 Å². The number of rotatable bonds is 7. The molecule has 3 heterocycles. The molecule has 38 heavy (non-hydrogen) atoms. The van der Waals surface area contributed by atoms with Gasteiger partial charge in [-0.2, -0.15) is 0 Å². The molecule has 0 saturated carbocycles. The maximum Gasteiger partial charge on any atom is 0.341 e. The van der Waals surface area contributed by atoms with Gasteiger partial charge in [0.15, 0.2) is 5.16 Å². The van der Waals surface area contributed by atoms with Gasteiger partial charge in [0, 0.05) is 9.75 Å². The molecule has 5 rings (SSSR count). The molecule has 3 aromatic heterocycles. The zero-order valence-electron chi connectivity index (χ0n) is 21.8. The Hall–Kier alpha value is -2.95. The number of fused-ring (bicyclic) bond motifs is 2. The quantitative estimate of drug-likeness (QED) is 0.163. The van der Waals surface area contributed by atoms with E-state index < -0.39 is 5.97 Å². The highest BCUT2D eigenvalue weighted by atomic mass is 32.2. The molecule has 1 aromatic carbocycles. The molecule has 1 N–H and O–H groups in total. The van der Waals surface area contributed by atoms with E-state index in [-0.39, 0.29) is 23.8 Å². The third-order valence-corrected chi connectivity index (χ3v) is 9.97. The number of aromatic nitrogens is 2. The Labute approximate surface area is 233 Å². The fraction of sp³-hybridized carbons (Fsp3) is 0.357. The minimum Gasteiger partial charge on any atom is -0.462 e. The molecular formula is C28H29N3O4S3. The van der Waals surface area contributed by atoms with Crippen molar-refractivity contribution in [1.82, 2.24) is 9.55 Å². The van der Waals surface area contributed by atoms with Gasteiger partial charge in [-0.1, -0.05) is 36.9 Å². The van der Waals surface area contributed by atoms with E-state index in [0.717, 1.165) is 40.1 Å². The lowest BCUT2D eigenvalue weighted by molar-refractivity contribution is -0.113. The van der Waals surface area contributed by atoms with Gasteiger partial charge in [0.1, 0.15) is 9.83 Å². The Bertz CT molecular complexity index is 1590. The molecule has 0 bridgehead atoms. The van der Waals surface area contributed by atoms with Crippen LogP contribution in [0.2, 0.25) is 0 Å². The van der Waals surface area contributed by atoms with E-state index in [2.05, 4.69) is 12.2 Å². The Balaban J connectivity index is 1.45. The van der Waals surface area contributed by atoms with Crippen LogP contribution in [0.1, 0.15) is 51.5 Å². The fourth-order valence-electron chi connectivity index (χ4n) is 4.73. The number of carbonyl (C=O) groups is 2. The second kappa shape index (κ2) is 11.0. The van der Waals surface area contributed by atoms with Crippen molar-refractivity contribution in [3.63, 3.8) is 0 Å². The molecule has 4 aromatic rings. The summed E-state index contributed by atoms with van der Waals surface area (Å²) in [5, 5.41) is 4.57. The summed E-state index contributed by atoms with van der Waals surface area (Å²) >= 11 is 4.16. The molecule has 1 amide bonds. The van der Waals surface area contributed by atoms with E-state index in [9.17, 15) is 14.4 Å². The monoisotopic (exact) mass is 567 g/mol. The highest BCUT2D eigenvalue weighted by Crippen LogP contribution is 2.40. The summed E-state index contributed by atoms with van der Waals surface area (Å²) in [5.74, 6) is -0.0822. The summed E-state index contributed by atoms with van der Waals surface area (Å²) in [6, 6.07) is 9.35. The minimum absolute atomic E-state index is 0.0371. The first-order chi connectivity index (χ1) is 18.3. The molecule has 198 valence electrons. The van der Waals surface area contributed by atoms with Crippen LogP contribution in [-0.4, -0.2) is 33.8 Å². The third-order valence-electron chi connectivity index (χ3n) is 6.76. The average Bonchev–Trinajstić information content (AvgIpc) is 3.38. The van der Waals surface area contributed by atoms with Crippen molar-refractivity contribution in [1.29, 1.82) is 0 Å². The number of aryl methyl sites for hydroxylation is 2. The van der Waals surface area contributed by atoms with Crippen LogP contribution in [0, 0.1) is 19.8 Å². The molecule has 0 radical (unpaired) electrons. The Kier molecular flexibility index (Phi) is 7.74. The van der Waals surface area contributed by atoms with Crippen molar-refractivity contribution in [2.75, 3.05) is 17.7 Å². The standard InChI is InChI=1S/C28H29N3O4S3/c1-5-35-27(34)23-19-12-11-15(2)13-20(19)38-25(23)29-21(32)14-36-28-30-24-22(16(3)17(4)37-24)26(33)31(28)18-9-7-6-8-10-18/h6-10,15H,5,11-14H2,1-4H3,(H,29,32). The SMILES string of the molecule is CCOC(=O)c1c(NC(=O)CSc2nc3sc(C)c(C)c3c(=O)n2-c2ccccc2)sc2c1CCC(C)C2. The molecule has 0 spiro atoms. The maximum atomic E-state index is 13.6. The molecule has 10 heteroatoms. The first-order valence-corrected chi connectivity index (χ1v) is 15.2. The zero-order valence-corrected chi connectivity index (χ0v) is 24.2. The number of thioether (sulfide) groups is 1. The van der Waals surface area contributed by atoms with Crippen molar-refractivity contribution in [3.05, 3.63) is 67.1 Å². The molecule has 1 unspecified atom stereocenters. The number of esters is 1. The number of ether oxygens (including phenoxy) is 1. The summed E-state index contributed by atoms with van der Waals surface area (Å²) in [6.45, 7) is 8.18. The van der Waals surface area contributed by atoms with Crippen LogP contribution >= 0.6 is 34.4 Å². The van der Waals surface area contributed by atoms with Crippen molar-refractivity contribution in [2.24, 2.45) is 5.92 Å². The first kappa shape index (κ1) is 26.6. The predicted molar refractivity (Wildman–Crippen MR) is 156 cm³/mol. The van der Waals surface area contributed by atoms with Crippen molar-refractivity contribution >= 4 is 61.5 Å². The lowest BCUT2D eigenvalue weighted by Crippen LogP contribution is -2.23. The molecule has 7 nitrogen and oxygen atoms in total. The lowest BCUT2D eigenvalue weighted by atomic mass is 9.88. The van der Waals surface area contributed by atoms with Crippen LogP contribution in [0.25, 0.3) is 15.9 Å². The maximum absolute atomic E-state index is 13.6. The van der Waals surface area contributed by atoms with Crippen LogP contribution in [0.3, 0.4) is 0 Å². The van der Waals surface area contributed by atoms with Crippen molar-refractivity contribution < 1.29 is 14.3 Å². The largest absolute Gasteiger partial charge is 0.462 e. The Morgan fingerprint density at radius 1 is 1.21 bits per heavy atom. The molecular weight excluding hydrogens is 539 g/mol. The highest BCUT2D eigenvalue weighted by molar-refractivity contribution is 7.99. The summed E-state index contributed by atoms with van der Waals surface area (Å²) in [7, 11) is 0. The summed E-state index contributed by atoms with van der Waals surface area (Å²) in [4.78, 5) is 47.2. The van der Waals surface area contributed by atoms with E-state index in [1.807, 2.05) is 44.2 Å². The molecule has 0 fully saturated rings. The number of thiophene rings is 2. The minimum atomic E-state index is -0.393. The molecule has 0 saturated heterocycles. The number of amides is 1. The number of hydrogen-bond acceptors (Lipinski definition) is 8. The first-order valence-electron chi connectivity index (χ1n) is 12.6. The summed E-state index contributed by atoms with van der Waals surface area (Å²) < 4.78 is 6.90. The van der Waals surface area contributed by atoms with Crippen molar-refractivity contribution in [2.45, 2.75) is 52.1 Å². The van der Waals surface area contributed by atoms with Crippen LogP contribution in [0.5, 0.6) is 0 Å². The predicted octanol–water partition coefficient (Wildman–Crippen LogP) is 6.16. The third kappa shape index (κ3) is 5.04. The van der Waals surface area contributed by atoms with Gasteiger partial charge in [-0.3, -0.25) is 14.2 Å². The van der Waals surface area contributed by atoms with Gasteiger partial charge in [0.05, 0.1) is 29.0 Å². The normalized spacial score (nSPS) is 14.9. The van der Waals surface area contributed by atoms with Crippen LogP contribution in [0.15, 0.2) is 40.3 Å². The molecule has 0 aliphatic heterocycles. The van der Waals surface area contributed by atoms with Gasteiger partial charge in [-0.05, 0) is 69.2 Å². The van der Waals surface area contributed by atoms with Crippen LogP contribution in [0.4, 0.5) is 5.00 Å². The fourth-order valence-corrected chi connectivity index (χ4v) is 8.03. The topological polar surface area (TPSA) is 90.3 Å². The number of hydrogen-bond donors (Lipinski definition) is 1. The number of nitrogens with zero attached hydrogens (tertiary/aromatic N) is 2. The summed E-state index contributed by atoms with van der Waals surface area (Å²) in [5.41, 5.74) is 2.98. The Morgan fingerprint density at radius 2 is 1.97 bits per heavy atom. The van der Waals surface area contributed by atoms with Gasteiger partial charge < -0.3 is 10.1 Å². The van der Waals surface area contributed by atoms with Gasteiger partial charge in [-0.15, -0.1) is 22.7 Å². The molecule has 1 aliphatic rings. The van der Waals surface area contributed by atoms with E-state index in [0.29, 0.717) is 37.5 Å². The van der Waals surface area contributed by atoms with Gasteiger partial charge >= 0.3 is 5.97 Å². The van der Waals surface area contributed by atoms with E-state index in [4.69, 9.17) is 9.72 Å². The van der Waals surface area contributed by atoms with E-state index in [1.54, 1.807) is 11.5 Å². The number of nitrogens with one attached hydrogen (secondary N) is 1. The second-order valence-corrected chi connectivity index (χ2v) is 12.7. The van der Waals surface area contributed by atoms with Gasteiger partial charge in [0.25, 0.3) is 5.56 Å². The van der Waals surface area contributed by atoms with Gasteiger partial charge in [-0.25, -0.2) is 9.78 Å². The highest BCUT2D eigenvalue weighted by Gasteiger charge is 2.29. The Morgan fingerprint density at radius 3 is 2.71 bits per heavy atom. The zero-order chi connectivity index (χ0) is 27.0. The summed E-state index contributed by atoms with van der Waals surface area (Å²) in [6.07, 6.45) is 2.70. The molecule has 1 aliphatic carbocycles. The smallest absolute Gasteiger partial charge is 0.341 e. The number of benzene rings is 1. The average molecular weight is 568 g/mol. The van der Waals surface area contributed by atoms with Crippen LogP contribution < -0.4 is 10.9 Å². The number of carbonyl (C=O) groups excluding carboxylic acids is 2. The number of anilines is 1. The molecule has 1 atom stereocenters. The van der Waals surface area contributed by atoms with E-state index in [1.165, 1.54) is 34.4 Å². The van der Waals surface area contributed by atoms with Crippen LogP contribution in [-0.2, 0) is 22.4 Å². The van der Waals surface area contributed by atoms with E-state index >= 15 is 0 Å². The number of para-hydroxylation sites is 1. The lowest BCUT2D eigenvalue weighted by Gasteiger charge is -2.18. The second-order valence-electron chi connectivity index (χ2n) is 9.45.